The zero-order valence-electron chi connectivity index (χ0n) is 10.8. The van der Waals surface area contributed by atoms with Crippen molar-refractivity contribution in [2.24, 2.45) is 0 Å². The van der Waals surface area contributed by atoms with Crippen molar-refractivity contribution in [3.8, 4) is 0 Å². The number of aliphatic carboxylic acids is 1. The van der Waals surface area contributed by atoms with E-state index in [0.29, 0.717) is 18.8 Å². The molecule has 19 heavy (non-hydrogen) atoms. The standard InChI is InChI=1S/C9H17N5O4S/c1-3-14(4-2)19(17,18)10-5-8-6-13(12-11-8)7-9(15)16/h6,10H,3-5,7H2,1-2H3,(H,15,16). The molecular weight excluding hydrogens is 274 g/mol. The smallest absolute Gasteiger partial charge is 0.325 e. The van der Waals surface area contributed by atoms with E-state index in [0.717, 1.165) is 4.68 Å². The van der Waals surface area contributed by atoms with Crippen LogP contribution >= 0.6 is 0 Å². The van der Waals surface area contributed by atoms with E-state index in [-0.39, 0.29) is 13.1 Å². The van der Waals surface area contributed by atoms with Gasteiger partial charge in [0.15, 0.2) is 0 Å². The van der Waals surface area contributed by atoms with Crippen molar-refractivity contribution in [2.45, 2.75) is 26.9 Å². The van der Waals surface area contributed by atoms with Gasteiger partial charge in [-0.15, -0.1) is 5.10 Å². The van der Waals surface area contributed by atoms with Gasteiger partial charge in [0, 0.05) is 13.1 Å². The lowest BCUT2D eigenvalue weighted by Gasteiger charge is -2.18. The van der Waals surface area contributed by atoms with Crippen molar-refractivity contribution in [1.29, 1.82) is 0 Å². The van der Waals surface area contributed by atoms with Gasteiger partial charge in [-0.2, -0.15) is 17.4 Å². The molecule has 2 N–H and O–H groups in total. The fourth-order valence-electron chi connectivity index (χ4n) is 1.46. The second-order valence-electron chi connectivity index (χ2n) is 3.71. The molecule has 1 heterocycles. The van der Waals surface area contributed by atoms with Crippen molar-refractivity contribution < 1.29 is 18.3 Å². The first-order valence-electron chi connectivity index (χ1n) is 5.74. The van der Waals surface area contributed by atoms with Gasteiger partial charge in [-0.05, 0) is 0 Å². The molecule has 0 spiro atoms. The van der Waals surface area contributed by atoms with Gasteiger partial charge in [0.2, 0.25) is 0 Å². The summed E-state index contributed by atoms with van der Waals surface area (Å²) in [6.45, 7) is 3.89. The number of rotatable bonds is 8. The minimum atomic E-state index is -3.54. The lowest BCUT2D eigenvalue weighted by molar-refractivity contribution is -0.137. The van der Waals surface area contributed by atoms with E-state index in [4.69, 9.17) is 5.11 Å². The molecule has 0 bridgehead atoms. The first-order valence-corrected chi connectivity index (χ1v) is 7.18. The quantitative estimate of drug-likeness (QED) is 0.637. The van der Waals surface area contributed by atoms with E-state index in [1.165, 1.54) is 10.5 Å². The summed E-state index contributed by atoms with van der Waals surface area (Å²) in [5.74, 6) is -1.04. The van der Waals surface area contributed by atoms with Gasteiger partial charge in [0.1, 0.15) is 6.54 Å². The van der Waals surface area contributed by atoms with Crippen LogP contribution in [0, 0.1) is 0 Å². The SMILES string of the molecule is CCN(CC)S(=O)(=O)NCc1cn(CC(=O)O)nn1. The Morgan fingerprint density at radius 3 is 2.63 bits per heavy atom. The Hall–Kier alpha value is -1.52. The summed E-state index contributed by atoms with van der Waals surface area (Å²) in [5, 5.41) is 15.8. The van der Waals surface area contributed by atoms with Crippen LogP contribution in [0.1, 0.15) is 19.5 Å². The molecule has 0 aliphatic rings. The van der Waals surface area contributed by atoms with Crippen LogP contribution < -0.4 is 4.72 Å². The summed E-state index contributed by atoms with van der Waals surface area (Å²) in [7, 11) is -3.54. The largest absolute Gasteiger partial charge is 0.480 e. The summed E-state index contributed by atoms with van der Waals surface area (Å²) >= 11 is 0. The number of hydrogen-bond acceptors (Lipinski definition) is 5. The maximum absolute atomic E-state index is 11.8. The van der Waals surface area contributed by atoms with E-state index in [9.17, 15) is 13.2 Å². The fourth-order valence-corrected chi connectivity index (χ4v) is 2.65. The lowest BCUT2D eigenvalue weighted by atomic mass is 10.5. The zero-order chi connectivity index (χ0) is 14.5. The van der Waals surface area contributed by atoms with Crippen molar-refractivity contribution >= 4 is 16.2 Å². The van der Waals surface area contributed by atoms with Crippen molar-refractivity contribution in [3.63, 3.8) is 0 Å². The van der Waals surface area contributed by atoms with E-state index in [1.54, 1.807) is 13.8 Å². The molecule has 1 aromatic rings. The van der Waals surface area contributed by atoms with Gasteiger partial charge < -0.3 is 5.11 Å². The van der Waals surface area contributed by atoms with Crippen LogP contribution in [0.3, 0.4) is 0 Å². The highest BCUT2D eigenvalue weighted by atomic mass is 32.2. The van der Waals surface area contributed by atoms with Gasteiger partial charge in [0.05, 0.1) is 18.4 Å². The average Bonchev–Trinajstić information content (AvgIpc) is 2.74. The number of aromatic nitrogens is 3. The van der Waals surface area contributed by atoms with Crippen LogP contribution in [-0.4, -0.2) is 51.9 Å². The maximum atomic E-state index is 11.8. The number of nitrogens with zero attached hydrogens (tertiary/aromatic N) is 4. The predicted octanol–water partition coefficient (Wildman–Crippen LogP) is -0.961. The Morgan fingerprint density at radius 1 is 1.47 bits per heavy atom. The van der Waals surface area contributed by atoms with E-state index in [2.05, 4.69) is 15.0 Å². The zero-order valence-corrected chi connectivity index (χ0v) is 11.6. The molecule has 0 atom stereocenters. The number of nitrogens with one attached hydrogen (secondary N) is 1. The summed E-state index contributed by atoms with van der Waals surface area (Å²) in [6, 6.07) is 0. The van der Waals surface area contributed by atoms with Crippen LogP contribution in [0.4, 0.5) is 0 Å². The topological polar surface area (TPSA) is 117 Å². The van der Waals surface area contributed by atoms with E-state index in [1.807, 2.05) is 0 Å². The molecule has 1 rings (SSSR count). The van der Waals surface area contributed by atoms with Gasteiger partial charge in [-0.1, -0.05) is 19.1 Å². The number of carboxylic acid groups (broad SMARTS) is 1. The number of hydrogen-bond donors (Lipinski definition) is 2. The molecule has 0 radical (unpaired) electrons. The van der Waals surface area contributed by atoms with Crippen molar-refractivity contribution in [2.75, 3.05) is 13.1 Å². The van der Waals surface area contributed by atoms with Gasteiger partial charge >= 0.3 is 5.97 Å². The molecule has 0 fully saturated rings. The van der Waals surface area contributed by atoms with Gasteiger partial charge in [-0.3, -0.25) is 4.79 Å². The Balaban J connectivity index is 2.61. The Kier molecular flexibility index (Phi) is 5.39. The Bertz CT molecular complexity index is 522. The number of carboxylic acids is 1. The Morgan fingerprint density at radius 2 is 2.11 bits per heavy atom. The minimum absolute atomic E-state index is 0.0293. The van der Waals surface area contributed by atoms with Crippen molar-refractivity contribution in [1.82, 2.24) is 24.0 Å². The van der Waals surface area contributed by atoms with Crippen LogP contribution in [0.5, 0.6) is 0 Å². The van der Waals surface area contributed by atoms with Crippen LogP contribution in [0.2, 0.25) is 0 Å². The molecule has 108 valence electrons. The maximum Gasteiger partial charge on any atom is 0.325 e. The molecule has 0 amide bonds. The summed E-state index contributed by atoms with van der Waals surface area (Å²) in [5.41, 5.74) is 0.358. The summed E-state index contributed by atoms with van der Waals surface area (Å²) < 4.78 is 28.4. The molecule has 0 saturated carbocycles. The molecular formula is C9H17N5O4S. The van der Waals surface area contributed by atoms with Crippen LogP contribution in [0.25, 0.3) is 0 Å². The highest BCUT2D eigenvalue weighted by Crippen LogP contribution is 1.99. The highest BCUT2D eigenvalue weighted by Gasteiger charge is 2.18. The van der Waals surface area contributed by atoms with E-state index < -0.39 is 16.2 Å². The monoisotopic (exact) mass is 291 g/mol. The first-order chi connectivity index (χ1) is 8.89. The van der Waals surface area contributed by atoms with Gasteiger partial charge in [0.25, 0.3) is 10.2 Å². The van der Waals surface area contributed by atoms with Crippen LogP contribution in [-0.2, 0) is 28.1 Å². The molecule has 0 saturated heterocycles. The fraction of sp³-hybridized carbons (Fsp3) is 0.667. The predicted molar refractivity (Wildman–Crippen MR) is 66.3 cm³/mol. The molecule has 0 aliphatic carbocycles. The summed E-state index contributed by atoms with van der Waals surface area (Å²) in [6.07, 6.45) is 1.39. The second-order valence-corrected chi connectivity index (χ2v) is 5.47. The third kappa shape index (κ3) is 4.58. The third-order valence-electron chi connectivity index (χ3n) is 2.36. The van der Waals surface area contributed by atoms with Crippen LogP contribution in [0.15, 0.2) is 6.20 Å². The molecule has 9 nitrogen and oxygen atoms in total. The van der Waals surface area contributed by atoms with E-state index >= 15 is 0 Å². The molecule has 1 aromatic heterocycles. The van der Waals surface area contributed by atoms with Crippen molar-refractivity contribution in [3.05, 3.63) is 11.9 Å². The first kappa shape index (κ1) is 15.5. The molecule has 0 aliphatic heterocycles. The lowest BCUT2D eigenvalue weighted by Crippen LogP contribution is -2.40. The molecule has 0 aromatic carbocycles. The average molecular weight is 291 g/mol. The second kappa shape index (κ2) is 6.59. The van der Waals surface area contributed by atoms with Gasteiger partial charge in [-0.25, -0.2) is 4.68 Å². The highest BCUT2D eigenvalue weighted by molar-refractivity contribution is 7.87. The summed E-state index contributed by atoms with van der Waals surface area (Å²) in [4.78, 5) is 10.5. The molecule has 0 unspecified atom stereocenters. The molecule has 10 heteroatoms. The normalized spacial score (nSPS) is 11.9. The number of carbonyl (C=O) groups is 1. The Labute approximate surface area is 111 Å². The third-order valence-corrected chi connectivity index (χ3v) is 4.07. The minimum Gasteiger partial charge on any atom is -0.480 e.